The summed E-state index contributed by atoms with van der Waals surface area (Å²) in [7, 11) is 0. The highest BCUT2D eigenvalue weighted by molar-refractivity contribution is 4.78. The Bertz CT molecular complexity index is 116. The zero-order valence-corrected chi connectivity index (χ0v) is 10.7. The number of nitrogens with one attached hydrogen (secondary N) is 1. The van der Waals surface area contributed by atoms with Crippen molar-refractivity contribution < 1.29 is 0 Å². The van der Waals surface area contributed by atoms with Crippen molar-refractivity contribution >= 4 is 0 Å². The quantitative estimate of drug-likeness (QED) is 0.554. The molecule has 0 saturated carbocycles. The maximum absolute atomic E-state index is 3.52. The molecule has 0 aromatic heterocycles. The molecule has 0 aliphatic rings. The van der Waals surface area contributed by atoms with Crippen LogP contribution in [0.2, 0.25) is 0 Å². The van der Waals surface area contributed by atoms with Gasteiger partial charge in [-0.25, -0.2) is 0 Å². The predicted octanol–water partition coefficient (Wildman–Crippen LogP) is 3.98. The molecule has 0 rings (SSSR count). The minimum Gasteiger partial charge on any atom is -0.316 e. The third-order valence-electron chi connectivity index (χ3n) is 3.56. The second-order valence-corrected chi connectivity index (χ2v) is 4.44. The third-order valence-corrected chi connectivity index (χ3v) is 3.56. The van der Waals surface area contributed by atoms with Gasteiger partial charge in [0.05, 0.1) is 0 Å². The number of hydrogen-bond donors (Lipinski definition) is 1. The highest BCUT2D eigenvalue weighted by Gasteiger charge is 2.24. The zero-order valence-electron chi connectivity index (χ0n) is 10.7. The molecule has 0 heterocycles. The van der Waals surface area contributed by atoms with Gasteiger partial charge in [0.2, 0.25) is 0 Å². The van der Waals surface area contributed by atoms with Crippen molar-refractivity contribution in [2.24, 2.45) is 5.41 Å². The van der Waals surface area contributed by atoms with E-state index in [9.17, 15) is 0 Å². The predicted molar refractivity (Wildman–Crippen MR) is 65.7 cm³/mol. The average Bonchev–Trinajstić information content (AvgIpc) is 2.24. The van der Waals surface area contributed by atoms with E-state index in [0.717, 1.165) is 6.54 Å². The second-order valence-electron chi connectivity index (χ2n) is 4.44. The number of unbranched alkanes of at least 4 members (excludes halogenated alkanes) is 2. The second kappa shape index (κ2) is 8.28. The van der Waals surface area contributed by atoms with Gasteiger partial charge in [-0.1, -0.05) is 47.0 Å². The van der Waals surface area contributed by atoms with Crippen LogP contribution in [0.1, 0.15) is 66.2 Å². The van der Waals surface area contributed by atoms with Crippen molar-refractivity contribution in [3.8, 4) is 0 Å². The Morgan fingerprint density at radius 3 is 2.00 bits per heavy atom. The molecule has 0 aromatic carbocycles. The van der Waals surface area contributed by atoms with Crippen molar-refractivity contribution in [2.75, 3.05) is 13.1 Å². The molecule has 1 N–H and O–H groups in total. The third kappa shape index (κ3) is 4.99. The lowest BCUT2D eigenvalue weighted by Crippen LogP contribution is -2.33. The zero-order chi connectivity index (χ0) is 10.9. The fraction of sp³-hybridized carbons (Fsp3) is 1.00. The Morgan fingerprint density at radius 2 is 1.57 bits per heavy atom. The first-order valence-corrected chi connectivity index (χ1v) is 6.45. The summed E-state index contributed by atoms with van der Waals surface area (Å²) in [5, 5.41) is 3.52. The minimum atomic E-state index is 0.575. The molecule has 86 valence electrons. The lowest BCUT2D eigenvalue weighted by Gasteiger charge is -2.32. The van der Waals surface area contributed by atoms with E-state index >= 15 is 0 Å². The van der Waals surface area contributed by atoms with Gasteiger partial charge >= 0.3 is 0 Å². The van der Waals surface area contributed by atoms with Crippen molar-refractivity contribution in [2.45, 2.75) is 66.2 Å². The fourth-order valence-electron chi connectivity index (χ4n) is 2.08. The van der Waals surface area contributed by atoms with Crippen LogP contribution in [0.5, 0.6) is 0 Å². The molecule has 0 aliphatic heterocycles. The highest BCUT2D eigenvalue weighted by atomic mass is 14.9. The van der Waals surface area contributed by atoms with E-state index in [1.165, 1.54) is 45.1 Å². The molecule has 0 radical (unpaired) electrons. The molecule has 0 atom stereocenters. The Morgan fingerprint density at radius 1 is 0.929 bits per heavy atom. The van der Waals surface area contributed by atoms with Crippen LogP contribution in [0.15, 0.2) is 0 Å². The Kier molecular flexibility index (Phi) is 8.26. The van der Waals surface area contributed by atoms with Gasteiger partial charge in [0.1, 0.15) is 0 Å². The van der Waals surface area contributed by atoms with Gasteiger partial charge in [-0.2, -0.15) is 0 Å². The molecular weight excluding hydrogens is 170 g/mol. The monoisotopic (exact) mass is 199 g/mol. The summed E-state index contributed by atoms with van der Waals surface area (Å²) in [6, 6.07) is 0. The largest absolute Gasteiger partial charge is 0.316 e. The van der Waals surface area contributed by atoms with Crippen molar-refractivity contribution in [3.05, 3.63) is 0 Å². The summed E-state index contributed by atoms with van der Waals surface area (Å²) in [4.78, 5) is 0. The van der Waals surface area contributed by atoms with Crippen molar-refractivity contribution in [1.82, 2.24) is 5.32 Å². The normalized spacial score (nSPS) is 12.0. The lowest BCUT2D eigenvalue weighted by atomic mass is 9.77. The molecule has 1 nitrogen and oxygen atoms in total. The summed E-state index contributed by atoms with van der Waals surface area (Å²) >= 11 is 0. The topological polar surface area (TPSA) is 12.0 Å². The Hall–Kier alpha value is -0.0400. The van der Waals surface area contributed by atoms with E-state index in [1.54, 1.807) is 0 Å². The molecule has 0 spiro atoms. The molecular formula is C13H29N. The van der Waals surface area contributed by atoms with E-state index < -0.39 is 0 Å². The molecule has 0 fully saturated rings. The van der Waals surface area contributed by atoms with Crippen molar-refractivity contribution in [1.29, 1.82) is 0 Å². The van der Waals surface area contributed by atoms with Gasteiger partial charge in [-0.3, -0.25) is 0 Å². The average molecular weight is 199 g/mol. The van der Waals surface area contributed by atoms with Gasteiger partial charge in [-0.15, -0.1) is 0 Å². The SMILES string of the molecule is CCCCCC(CC)(CC)CNCC. The van der Waals surface area contributed by atoms with Crippen LogP contribution in [0.3, 0.4) is 0 Å². The standard InChI is InChI=1S/C13H29N/c1-5-9-10-11-13(6-2,7-3)12-14-8-4/h14H,5-12H2,1-4H3. The van der Waals surface area contributed by atoms with Gasteiger partial charge in [-0.05, 0) is 31.2 Å². The summed E-state index contributed by atoms with van der Waals surface area (Å²) in [6.07, 6.45) is 8.18. The maximum atomic E-state index is 3.52. The molecule has 0 amide bonds. The van der Waals surface area contributed by atoms with Crippen LogP contribution in [-0.2, 0) is 0 Å². The Balaban J connectivity index is 3.94. The van der Waals surface area contributed by atoms with Gasteiger partial charge in [0.25, 0.3) is 0 Å². The first-order valence-electron chi connectivity index (χ1n) is 6.45. The molecule has 0 aliphatic carbocycles. The van der Waals surface area contributed by atoms with Gasteiger partial charge in [0, 0.05) is 6.54 Å². The van der Waals surface area contributed by atoms with Crippen LogP contribution >= 0.6 is 0 Å². The van der Waals surface area contributed by atoms with E-state index in [1.807, 2.05) is 0 Å². The van der Waals surface area contributed by atoms with Gasteiger partial charge < -0.3 is 5.32 Å². The minimum absolute atomic E-state index is 0.575. The van der Waals surface area contributed by atoms with Crippen molar-refractivity contribution in [3.63, 3.8) is 0 Å². The van der Waals surface area contributed by atoms with Gasteiger partial charge in [0.15, 0.2) is 0 Å². The number of hydrogen-bond acceptors (Lipinski definition) is 1. The van der Waals surface area contributed by atoms with Crippen LogP contribution in [0.25, 0.3) is 0 Å². The molecule has 0 unspecified atom stereocenters. The van der Waals surface area contributed by atoms with Crippen LogP contribution in [-0.4, -0.2) is 13.1 Å². The smallest absolute Gasteiger partial charge is 0.000749 e. The fourth-order valence-corrected chi connectivity index (χ4v) is 2.08. The Labute approximate surface area is 90.7 Å². The summed E-state index contributed by atoms with van der Waals surface area (Å²) in [5.41, 5.74) is 0.575. The molecule has 14 heavy (non-hydrogen) atoms. The van der Waals surface area contributed by atoms with Crippen LogP contribution in [0.4, 0.5) is 0 Å². The summed E-state index contributed by atoms with van der Waals surface area (Å²) < 4.78 is 0. The molecule has 0 aromatic rings. The summed E-state index contributed by atoms with van der Waals surface area (Å²) in [6.45, 7) is 11.5. The van der Waals surface area contributed by atoms with Crippen LogP contribution in [0, 0.1) is 5.41 Å². The van der Waals surface area contributed by atoms with E-state index in [4.69, 9.17) is 0 Å². The summed E-state index contributed by atoms with van der Waals surface area (Å²) in [5.74, 6) is 0. The van der Waals surface area contributed by atoms with E-state index in [0.29, 0.717) is 5.41 Å². The molecule has 1 heteroatoms. The maximum Gasteiger partial charge on any atom is 0.000749 e. The molecule has 0 bridgehead atoms. The highest BCUT2D eigenvalue weighted by Crippen LogP contribution is 2.31. The first-order chi connectivity index (χ1) is 6.74. The lowest BCUT2D eigenvalue weighted by molar-refractivity contribution is 0.222. The first kappa shape index (κ1) is 14.0. The van der Waals surface area contributed by atoms with Crippen LogP contribution < -0.4 is 5.32 Å². The van der Waals surface area contributed by atoms with E-state index in [-0.39, 0.29) is 0 Å². The van der Waals surface area contributed by atoms with E-state index in [2.05, 4.69) is 33.0 Å². The number of rotatable bonds is 9. The molecule has 0 saturated heterocycles.